The first-order valence-corrected chi connectivity index (χ1v) is 11.9. The zero-order valence-electron chi connectivity index (χ0n) is 18.2. The Morgan fingerprint density at radius 1 is 1.16 bits per heavy atom. The molecule has 0 radical (unpaired) electrons. The summed E-state index contributed by atoms with van der Waals surface area (Å²) >= 11 is 1.45. The summed E-state index contributed by atoms with van der Waals surface area (Å²) in [5.41, 5.74) is 3.43. The second-order valence-corrected chi connectivity index (χ2v) is 9.22. The summed E-state index contributed by atoms with van der Waals surface area (Å²) < 4.78 is 7.39. The van der Waals surface area contributed by atoms with Crippen LogP contribution in [0.25, 0.3) is 5.69 Å². The van der Waals surface area contributed by atoms with Crippen LogP contribution in [0.4, 0.5) is 0 Å². The topological polar surface area (TPSA) is 67.7 Å². The molecule has 1 unspecified atom stereocenters. The van der Waals surface area contributed by atoms with E-state index in [1.807, 2.05) is 20.6 Å². The van der Waals surface area contributed by atoms with Crippen molar-refractivity contribution in [2.24, 2.45) is 5.92 Å². The highest BCUT2D eigenvalue weighted by Crippen LogP contribution is 2.25. The summed E-state index contributed by atoms with van der Waals surface area (Å²) in [6.07, 6.45) is 5.43. The van der Waals surface area contributed by atoms with E-state index in [9.17, 15) is 9.59 Å². The number of morpholine rings is 1. The maximum Gasteiger partial charge on any atom is 0.233 e. The molecular weight excluding hydrogens is 412 g/mol. The summed E-state index contributed by atoms with van der Waals surface area (Å²) in [5, 5.41) is 0.806. The van der Waals surface area contributed by atoms with E-state index in [4.69, 9.17) is 4.74 Å². The number of thioether (sulfide) groups is 1. The molecule has 8 heteroatoms. The van der Waals surface area contributed by atoms with E-state index in [1.165, 1.54) is 17.3 Å². The van der Waals surface area contributed by atoms with Crippen LogP contribution in [0.1, 0.15) is 24.0 Å². The van der Waals surface area contributed by atoms with Gasteiger partial charge in [-0.05, 0) is 43.9 Å². The van der Waals surface area contributed by atoms with Gasteiger partial charge >= 0.3 is 0 Å². The third-order valence-electron chi connectivity index (χ3n) is 6.00. The molecule has 4 rings (SSSR count). The van der Waals surface area contributed by atoms with Gasteiger partial charge in [0.2, 0.25) is 11.8 Å². The molecule has 2 fully saturated rings. The normalized spacial score (nSPS) is 19.5. The summed E-state index contributed by atoms with van der Waals surface area (Å²) in [6, 6.07) is 6.33. The van der Waals surface area contributed by atoms with Gasteiger partial charge in [0.05, 0.1) is 30.6 Å². The first kappa shape index (κ1) is 21.9. The van der Waals surface area contributed by atoms with Crippen LogP contribution < -0.4 is 0 Å². The summed E-state index contributed by atoms with van der Waals surface area (Å²) in [7, 11) is 0. The summed E-state index contributed by atoms with van der Waals surface area (Å²) in [4.78, 5) is 34.0. The molecule has 1 aromatic carbocycles. The predicted octanol–water partition coefficient (Wildman–Crippen LogP) is 2.68. The molecule has 2 aromatic rings. The van der Waals surface area contributed by atoms with E-state index in [2.05, 4.69) is 37.0 Å². The number of carbonyl (C=O) groups is 2. The number of aryl methyl sites for hydroxylation is 2. The number of aromatic nitrogens is 2. The van der Waals surface area contributed by atoms with Gasteiger partial charge in [-0.1, -0.05) is 23.9 Å². The molecule has 31 heavy (non-hydrogen) atoms. The number of piperidine rings is 1. The molecular formula is C23H30N4O3S. The standard InChI is InChI=1S/C23H30N4O3S/c1-17-5-6-18(2)20(14-17)27-9-7-24-23(27)31-16-21(28)26-8-3-4-19(15-26)22(29)25-10-12-30-13-11-25/h5-7,9,14,19H,3-4,8,10-13,15-16H2,1-2H3. The van der Waals surface area contributed by atoms with Crippen LogP contribution in [0.5, 0.6) is 0 Å². The van der Waals surface area contributed by atoms with Crippen LogP contribution in [-0.4, -0.2) is 76.3 Å². The molecule has 0 aliphatic carbocycles. The van der Waals surface area contributed by atoms with Gasteiger partial charge in [0, 0.05) is 38.6 Å². The van der Waals surface area contributed by atoms with Gasteiger partial charge in [-0.25, -0.2) is 4.98 Å². The van der Waals surface area contributed by atoms with Gasteiger partial charge in [-0.3, -0.25) is 14.2 Å². The molecule has 7 nitrogen and oxygen atoms in total. The number of likely N-dealkylation sites (tertiary alicyclic amines) is 1. The van der Waals surface area contributed by atoms with Crippen molar-refractivity contribution in [1.29, 1.82) is 0 Å². The Morgan fingerprint density at radius 3 is 2.77 bits per heavy atom. The van der Waals surface area contributed by atoms with Gasteiger partial charge in [-0.2, -0.15) is 0 Å². The molecule has 0 saturated carbocycles. The molecule has 0 spiro atoms. The number of ether oxygens (including phenoxy) is 1. The molecule has 0 N–H and O–H groups in total. The van der Waals surface area contributed by atoms with Gasteiger partial charge < -0.3 is 14.5 Å². The number of hydrogen-bond donors (Lipinski definition) is 0. The van der Waals surface area contributed by atoms with Crippen molar-refractivity contribution in [2.75, 3.05) is 45.1 Å². The van der Waals surface area contributed by atoms with E-state index in [0.717, 1.165) is 35.8 Å². The number of benzene rings is 1. The fraction of sp³-hybridized carbons (Fsp3) is 0.522. The molecule has 166 valence electrons. The van der Waals surface area contributed by atoms with Crippen LogP contribution >= 0.6 is 11.8 Å². The summed E-state index contributed by atoms with van der Waals surface area (Å²) in [6.45, 7) is 7.89. The Hall–Kier alpha value is -2.32. The predicted molar refractivity (Wildman–Crippen MR) is 120 cm³/mol. The highest BCUT2D eigenvalue weighted by Gasteiger charge is 2.31. The van der Waals surface area contributed by atoms with Crippen molar-refractivity contribution in [3.8, 4) is 5.69 Å². The van der Waals surface area contributed by atoms with E-state index >= 15 is 0 Å². The molecule has 0 bridgehead atoms. The number of carbonyl (C=O) groups excluding carboxylic acids is 2. The summed E-state index contributed by atoms with van der Waals surface area (Å²) in [5.74, 6) is 0.456. The quantitative estimate of drug-likeness (QED) is 0.666. The van der Waals surface area contributed by atoms with Gasteiger partial charge in [0.15, 0.2) is 5.16 Å². The Bertz CT molecular complexity index is 939. The minimum atomic E-state index is -0.0993. The van der Waals surface area contributed by atoms with E-state index in [0.29, 0.717) is 38.6 Å². The average molecular weight is 443 g/mol. The number of rotatable bonds is 5. The van der Waals surface area contributed by atoms with E-state index < -0.39 is 0 Å². The van der Waals surface area contributed by atoms with E-state index in [-0.39, 0.29) is 17.7 Å². The Kier molecular flexibility index (Phi) is 6.97. The maximum atomic E-state index is 12.9. The monoisotopic (exact) mass is 442 g/mol. The number of hydrogen-bond acceptors (Lipinski definition) is 5. The van der Waals surface area contributed by atoms with Crippen LogP contribution in [0.2, 0.25) is 0 Å². The van der Waals surface area contributed by atoms with E-state index in [1.54, 1.807) is 6.20 Å². The fourth-order valence-corrected chi connectivity index (χ4v) is 5.09. The molecule has 3 heterocycles. The number of nitrogens with zero attached hydrogens (tertiary/aromatic N) is 4. The SMILES string of the molecule is Cc1ccc(C)c(-n2ccnc2SCC(=O)N2CCCC(C(=O)N3CCOCC3)C2)c1. The van der Waals surface area contributed by atoms with Gasteiger partial charge in [0.25, 0.3) is 0 Å². The van der Waals surface area contributed by atoms with Crippen molar-refractivity contribution in [3.63, 3.8) is 0 Å². The van der Waals surface area contributed by atoms with Crippen LogP contribution in [0, 0.1) is 19.8 Å². The highest BCUT2D eigenvalue weighted by molar-refractivity contribution is 7.99. The van der Waals surface area contributed by atoms with Crippen molar-refractivity contribution < 1.29 is 14.3 Å². The fourth-order valence-electron chi connectivity index (χ4n) is 4.22. The van der Waals surface area contributed by atoms with Crippen LogP contribution in [0.15, 0.2) is 35.7 Å². The molecule has 1 aromatic heterocycles. The lowest BCUT2D eigenvalue weighted by Gasteiger charge is -2.36. The molecule has 2 saturated heterocycles. The third kappa shape index (κ3) is 5.13. The first-order chi connectivity index (χ1) is 15.0. The van der Waals surface area contributed by atoms with Gasteiger partial charge in [0.1, 0.15) is 0 Å². The lowest BCUT2D eigenvalue weighted by molar-refractivity contribution is -0.143. The minimum absolute atomic E-state index is 0.0694. The lowest BCUT2D eigenvalue weighted by atomic mass is 9.96. The minimum Gasteiger partial charge on any atom is -0.378 e. The van der Waals surface area contributed by atoms with Crippen molar-refractivity contribution in [3.05, 3.63) is 41.7 Å². The smallest absolute Gasteiger partial charge is 0.233 e. The Labute approximate surface area is 187 Å². The zero-order valence-corrected chi connectivity index (χ0v) is 19.1. The number of imidazole rings is 1. The maximum absolute atomic E-state index is 12.9. The van der Waals surface area contributed by atoms with Crippen LogP contribution in [0.3, 0.4) is 0 Å². The highest BCUT2D eigenvalue weighted by atomic mass is 32.2. The second kappa shape index (κ2) is 9.87. The zero-order chi connectivity index (χ0) is 21.8. The van der Waals surface area contributed by atoms with Crippen LogP contribution in [-0.2, 0) is 14.3 Å². The molecule has 2 aliphatic rings. The lowest BCUT2D eigenvalue weighted by Crippen LogP contribution is -2.49. The average Bonchev–Trinajstić information content (AvgIpc) is 3.27. The Balaban J connectivity index is 1.37. The Morgan fingerprint density at radius 2 is 1.97 bits per heavy atom. The molecule has 1 atom stereocenters. The van der Waals surface area contributed by atoms with Crippen molar-refractivity contribution >= 4 is 23.6 Å². The van der Waals surface area contributed by atoms with Gasteiger partial charge in [-0.15, -0.1) is 0 Å². The first-order valence-electron chi connectivity index (χ1n) is 10.9. The second-order valence-electron chi connectivity index (χ2n) is 8.27. The van der Waals surface area contributed by atoms with Crippen molar-refractivity contribution in [1.82, 2.24) is 19.4 Å². The third-order valence-corrected chi connectivity index (χ3v) is 6.95. The largest absolute Gasteiger partial charge is 0.378 e. The molecule has 2 amide bonds. The number of amides is 2. The molecule has 2 aliphatic heterocycles. The van der Waals surface area contributed by atoms with Crippen molar-refractivity contribution in [2.45, 2.75) is 31.8 Å².